The molecule has 2 fully saturated rings. The number of aromatic amines is 1. The van der Waals surface area contributed by atoms with Gasteiger partial charge in [0.05, 0.1) is 80.3 Å². The van der Waals surface area contributed by atoms with Crippen LogP contribution in [-0.4, -0.2) is 158 Å². The van der Waals surface area contributed by atoms with Crippen LogP contribution in [0.15, 0.2) is 71.9 Å². The van der Waals surface area contributed by atoms with Gasteiger partial charge in [-0.05, 0) is 107 Å². The Hall–Kier alpha value is -8.15. The van der Waals surface area contributed by atoms with Crippen molar-refractivity contribution in [2.75, 3.05) is 82.6 Å². The van der Waals surface area contributed by atoms with E-state index in [9.17, 15) is 33.6 Å². The number of hydrogen-bond donors (Lipinski definition) is 4. The SMILES string of the molecule is Cc1cc(C)c(CNC(=O)c2cc(-c3ccc(N4CCN(C(=O)CCCCCCCCc5cn(CCOCCOCCOCCNc6cccc7c6C(=O)N(C6CCC(=O)NC6=O)C7=O)nn5)CC4)nc3)cc3c2cnn3C(C)C)c(=O)[nH]1. The second-order valence-electron chi connectivity index (χ2n) is 21.6. The lowest BCUT2D eigenvalue weighted by Crippen LogP contribution is -2.54. The number of benzene rings is 2. The highest BCUT2D eigenvalue weighted by Crippen LogP contribution is 2.33. The zero-order chi connectivity index (χ0) is 58.4. The average Bonchev–Trinajstić information content (AvgIpc) is 3.07. The molecule has 1 atom stereocenters. The number of amides is 6. The first-order chi connectivity index (χ1) is 40.2. The third-order valence-electron chi connectivity index (χ3n) is 15.3. The number of hydrogen-bond acceptors (Lipinski definition) is 16. The number of fused-ring (bicyclic) bond motifs is 2. The smallest absolute Gasteiger partial charge is 0.264 e. The number of unbranched alkanes of at least 4 members (excludes halogenated alkanes) is 5. The van der Waals surface area contributed by atoms with Gasteiger partial charge in [0.25, 0.3) is 23.3 Å². The molecule has 83 heavy (non-hydrogen) atoms. The predicted molar refractivity (Wildman–Crippen MR) is 310 cm³/mol. The van der Waals surface area contributed by atoms with Crippen molar-refractivity contribution >= 4 is 57.9 Å². The van der Waals surface area contributed by atoms with Gasteiger partial charge >= 0.3 is 0 Å². The molecule has 4 N–H and O–H groups in total. The molecule has 7 heterocycles. The van der Waals surface area contributed by atoms with Gasteiger partial charge in [-0.25, -0.2) is 9.67 Å². The van der Waals surface area contributed by atoms with Gasteiger partial charge in [0.1, 0.15) is 11.9 Å². The summed E-state index contributed by atoms with van der Waals surface area (Å²) in [6, 6.07) is 13.8. The summed E-state index contributed by atoms with van der Waals surface area (Å²) in [7, 11) is 0. The fraction of sp³-hybridized carbons (Fsp3) is 0.483. The normalized spacial score (nSPS) is 15.4. The zero-order valence-corrected chi connectivity index (χ0v) is 47.9. The Kier molecular flexibility index (Phi) is 20.2. The molecule has 2 aromatic carbocycles. The first-order valence-corrected chi connectivity index (χ1v) is 28.9. The Morgan fingerprint density at radius 2 is 1.55 bits per heavy atom. The van der Waals surface area contributed by atoms with E-state index in [0.717, 1.165) is 94.6 Å². The molecular formula is C60H75N13O10. The quantitative estimate of drug-likeness (QED) is 0.0324. The van der Waals surface area contributed by atoms with Gasteiger partial charge in [-0.2, -0.15) is 5.10 Å². The maximum Gasteiger partial charge on any atom is 0.264 e. The number of anilines is 2. The molecule has 23 heteroatoms. The van der Waals surface area contributed by atoms with Crippen LogP contribution in [0, 0.1) is 13.8 Å². The summed E-state index contributed by atoms with van der Waals surface area (Å²) in [6.07, 6.45) is 13.3. The maximum absolute atomic E-state index is 13.8. The highest BCUT2D eigenvalue weighted by Gasteiger charge is 2.45. The van der Waals surface area contributed by atoms with Gasteiger partial charge in [0.15, 0.2) is 0 Å². The van der Waals surface area contributed by atoms with Crippen LogP contribution in [0.4, 0.5) is 11.5 Å². The van der Waals surface area contributed by atoms with E-state index in [2.05, 4.69) is 41.2 Å². The summed E-state index contributed by atoms with van der Waals surface area (Å²) in [6.45, 7) is 13.9. The van der Waals surface area contributed by atoms with Crippen molar-refractivity contribution in [2.24, 2.45) is 0 Å². The van der Waals surface area contributed by atoms with Crippen molar-refractivity contribution in [3.8, 4) is 11.1 Å². The third-order valence-corrected chi connectivity index (χ3v) is 15.3. The zero-order valence-electron chi connectivity index (χ0n) is 47.9. The second-order valence-corrected chi connectivity index (χ2v) is 21.6. The van der Waals surface area contributed by atoms with Crippen LogP contribution in [-0.2, 0) is 48.1 Å². The molecule has 1 unspecified atom stereocenters. The van der Waals surface area contributed by atoms with Gasteiger partial charge < -0.3 is 39.6 Å². The highest BCUT2D eigenvalue weighted by atomic mass is 16.5. The molecule has 0 saturated carbocycles. The lowest BCUT2D eigenvalue weighted by Gasteiger charge is -2.35. The number of pyridine rings is 2. The van der Waals surface area contributed by atoms with Crippen LogP contribution in [0.3, 0.4) is 0 Å². The molecule has 2 saturated heterocycles. The first-order valence-electron chi connectivity index (χ1n) is 28.9. The molecule has 6 amide bonds. The minimum atomic E-state index is -1.02. The number of rotatable bonds is 29. The number of carbonyl (C=O) groups is 6. The topological polar surface area (TPSA) is 270 Å². The van der Waals surface area contributed by atoms with Gasteiger partial charge in [0, 0.05) is 98.4 Å². The van der Waals surface area contributed by atoms with Crippen molar-refractivity contribution in [1.82, 2.24) is 55.2 Å². The number of nitrogens with zero attached hydrogens (tertiary/aromatic N) is 9. The Morgan fingerprint density at radius 1 is 0.807 bits per heavy atom. The molecule has 440 valence electrons. The van der Waals surface area contributed by atoms with Crippen molar-refractivity contribution in [3.63, 3.8) is 0 Å². The molecule has 3 aliphatic rings. The average molecular weight is 1140 g/mol. The molecule has 9 rings (SSSR count). The summed E-state index contributed by atoms with van der Waals surface area (Å²) >= 11 is 0. The third kappa shape index (κ3) is 14.9. The van der Waals surface area contributed by atoms with E-state index in [1.165, 1.54) is 0 Å². The standard InChI is InChI=1S/C60H75N13O10/c1-39(2)73-51-34-43(33-46(48(51)37-64-73)56(76)63-36-47-40(3)32-41(4)65-57(47)77)42-16-18-52(62-35-42)69-21-23-70(24-22-69)54(75)15-10-8-6-5-7-9-12-44-38-71(68-67-44)25-27-82-29-31-83-30-28-81-26-20-61-49-14-11-13-45-55(49)60(80)72(59(45)79)50-17-19-53(74)66-58(50)78/h11,13-14,16,18,32-35,37-39,50,61H,5-10,12,15,17,19-31,36H2,1-4H3,(H,63,76)(H,65,77)(H,66,74,78). The molecular weight excluding hydrogens is 1060 g/mol. The summed E-state index contributed by atoms with van der Waals surface area (Å²) in [4.78, 5) is 103. The van der Waals surface area contributed by atoms with E-state index >= 15 is 0 Å². The molecule has 4 aromatic heterocycles. The summed E-state index contributed by atoms with van der Waals surface area (Å²) < 4.78 is 20.7. The summed E-state index contributed by atoms with van der Waals surface area (Å²) in [5, 5.41) is 22.2. The van der Waals surface area contributed by atoms with Crippen LogP contribution < -0.4 is 26.4 Å². The molecule has 0 radical (unpaired) electrons. The van der Waals surface area contributed by atoms with Gasteiger partial charge in [0.2, 0.25) is 17.7 Å². The molecule has 3 aliphatic heterocycles. The van der Waals surface area contributed by atoms with E-state index in [0.29, 0.717) is 102 Å². The molecule has 23 nitrogen and oxygen atoms in total. The van der Waals surface area contributed by atoms with Crippen LogP contribution in [0.25, 0.3) is 22.0 Å². The summed E-state index contributed by atoms with van der Waals surface area (Å²) in [5.41, 5.74) is 6.75. The Balaban J connectivity index is 0.587. The van der Waals surface area contributed by atoms with E-state index in [1.54, 1.807) is 29.1 Å². The minimum Gasteiger partial charge on any atom is -0.382 e. The van der Waals surface area contributed by atoms with Crippen LogP contribution in [0.2, 0.25) is 0 Å². The largest absolute Gasteiger partial charge is 0.382 e. The lowest BCUT2D eigenvalue weighted by molar-refractivity contribution is -0.136. The van der Waals surface area contributed by atoms with Crippen molar-refractivity contribution in [3.05, 3.63) is 117 Å². The van der Waals surface area contributed by atoms with E-state index in [-0.39, 0.29) is 53.9 Å². The lowest BCUT2D eigenvalue weighted by atomic mass is 10.0. The van der Waals surface area contributed by atoms with Crippen LogP contribution in [0.1, 0.15) is 131 Å². The number of aryl methyl sites for hydroxylation is 3. The molecule has 0 aliphatic carbocycles. The van der Waals surface area contributed by atoms with Crippen LogP contribution in [0.5, 0.6) is 0 Å². The first kappa shape index (κ1) is 59.5. The minimum absolute atomic E-state index is 0.0584. The number of H-pyrrole nitrogens is 1. The number of imide groups is 2. The monoisotopic (exact) mass is 1140 g/mol. The number of aromatic nitrogens is 7. The molecule has 0 bridgehead atoms. The predicted octanol–water partition coefficient (Wildman–Crippen LogP) is 5.69. The van der Waals surface area contributed by atoms with Crippen LogP contribution >= 0.6 is 0 Å². The van der Waals surface area contributed by atoms with Gasteiger partial charge in [-0.3, -0.25) is 48.5 Å². The fourth-order valence-electron chi connectivity index (χ4n) is 10.8. The number of piperazine rings is 1. The number of ether oxygens (including phenoxy) is 3. The van der Waals surface area contributed by atoms with Gasteiger partial charge in [-0.1, -0.05) is 37.0 Å². The highest BCUT2D eigenvalue weighted by molar-refractivity contribution is 6.25. The Morgan fingerprint density at radius 3 is 2.29 bits per heavy atom. The van der Waals surface area contributed by atoms with E-state index in [4.69, 9.17) is 19.2 Å². The number of carbonyl (C=O) groups excluding carboxylic acids is 6. The second kappa shape index (κ2) is 28.2. The Labute approximate surface area is 481 Å². The fourth-order valence-corrected chi connectivity index (χ4v) is 10.8. The summed E-state index contributed by atoms with van der Waals surface area (Å²) in [5.74, 6) is -1.43. The maximum atomic E-state index is 13.8. The van der Waals surface area contributed by atoms with Crippen molar-refractivity contribution < 1.29 is 43.0 Å². The number of nitrogens with one attached hydrogen (secondary N) is 4. The van der Waals surface area contributed by atoms with Crippen molar-refractivity contribution in [2.45, 2.75) is 117 Å². The number of piperidine rings is 1. The molecule has 6 aromatic rings. The Bertz CT molecular complexity index is 3340. The van der Waals surface area contributed by atoms with E-state index < -0.39 is 29.7 Å². The van der Waals surface area contributed by atoms with Gasteiger partial charge in [-0.15, -0.1) is 5.10 Å². The van der Waals surface area contributed by atoms with E-state index in [1.807, 2.05) is 80.0 Å². The molecule has 0 spiro atoms. The van der Waals surface area contributed by atoms with Crippen molar-refractivity contribution in [1.29, 1.82) is 0 Å².